The maximum atomic E-state index is 12.8. The van der Waals surface area contributed by atoms with E-state index in [0.717, 1.165) is 62.4 Å². The fraction of sp³-hybridized carbons (Fsp3) is 0.976. The first-order valence-electron chi connectivity index (χ1n) is 20.7. The summed E-state index contributed by atoms with van der Waals surface area (Å²) in [4.78, 5) is 15.0. The molecule has 2 aliphatic rings. The van der Waals surface area contributed by atoms with Crippen molar-refractivity contribution >= 4 is 5.91 Å². The molecular weight excluding hydrogens is 566 g/mol. The maximum absolute atomic E-state index is 12.8. The minimum Gasteiger partial charge on any atom is -0.379 e. The molecular formula is C41H81N3O2. The van der Waals surface area contributed by atoms with Crippen molar-refractivity contribution in [3.05, 3.63) is 0 Å². The number of primary amides is 1. The summed E-state index contributed by atoms with van der Waals surface area (Å²) in [5.74, 6) is 3.95. The minimum absolute atomic E-state index is 0.0104. The van der Waals surface area contributed by atoms with Crippen LogP contribution in [0.3, 0.4) is 0 Å². The molecule has 2 fully saturated rings. The van der Waals surface area contributed by atoms with Gasteiger partial charge in [0.1, 0.15) is 6.23 Å². The summed E-state index contributed by atoms with van der Waals surface area (Å²) in [7, 11) is 4.20. The molecule has 0 aromatic heterocycles. The molecule has 0 heterocycles. The summed E-state index contributed by atoms with van der Waals surface area (Å²) in [6, 6.07) is 0. The summed E-state index contributed by atoms with van der Waals surface area (Å²) in [6.07, 6.45) is 34.5. The van der Waals surface area contributed by atoms with E-state index in [1.165, 1.54) is 148 Å². The van der Waals surface area contributed by atoms with Crippen LogP contribution in [0.1, 0.15) is 187 Å². The molecule has 0 saturated heterocycles. The molecule has 5 nitrogen and oxygen atoms in total. The van der Waals surface area contributed by atoms with E-state index in [4.69, 9.17) is 5.73 Å². The number of carbonyl (C=O) groups is 1. The molecule has 0 bridgehead atoms. The SMILES string of the molecule is CCCCCCC1CC[C@@H](CCCCCCCC(O)NCCCN(C)C)C(CC2CCCCCCC2C(N)=O)C1CCCCCC. The summed E-state index contributed by atoms with van der Waals surface area (Å²) in [5.41, 5.74) is 6.13. The zero-order valence-electron chi connectivity index (χ0n) is 31.4. The lowest BCUT2D eigenvalue weighted by atomic mass is 9.59. The Morgan fingerprint density at radius 1 is 0.696 bits per heavy atom. The predicted octanol–water partition coefficient (Wildman–Crippen LogP) is 10.2. The summed E-state index contributed by atoms with van der Waals surface area (Å²) >= 11 is 0. The molecule has 2 saturated carbocycles. The van der Waals surface area contributed by atoms with E-state index in [1.807, 2.05) is 0 Å². The molecule has 0 aliphatic heterocycles. The predicted molar refractivity (Wildman–Crippen MR) is 199 cm³/mol. The van der Waals surface area contributed by atoms with E-state index < -0.39 is 0 Å². The van der Waals surface area contributed by atoms with Crippen LogP contribution in [-0.2, 0) is 4.79 Å². The highest BCUT2D eigenvalue weighted by molar-refractivity contribution is 5.76. The maximum Gasteiger partial charge on any atom is 0.220 e. The molecule has 0 radical (unpaired) electrons. The number of nitrogens with zero attached hydrogens (tertiary/aromatic N) is 1. The van der Waals surface area contributed by atoms with Gasteiger partial charge < -0.3 is 15.7 Å². The molecule has 4 N–H and O–H groups in total. The lowest BCUT2D eigenvalue weighted by Gasteiger charge is -2.46. The van der Waals surface area contributed by atoms with E-state index in [0.29, 0.717) is 5.92 Å². The van der Waals surface area contributed by atoms with Gasteiger partial charge in [-0.15, -0.1) is 0 Å². The fourth-order valence-electron chi connectivity index (χ4n) is 9.34. The Morgan fingerprint density at radius 2 is 1.26 bits per heavy atom. The average molecular weight is 648 g/mol. The van der Waals surface area contributed by atoms with Crippen LogP contribution in [0.5, 0.6) is 0 Å². The zero-order chi connectivity index (χ0) is 33.4. The highest BCUT2D eigenvalue weighted by Gasteiger charge is 2.41. The molecule has 0 aromatic rings. The Balaban J connectivity index is 2.00. The van der Waals surface area contributed by atoms with Gasteiger partial charge in [0, 0.05) is 5.92 Å². The third-order valence-corrected chi connectivity index (χ3v) is 12.1. The van der Waals surface area contributed by atoms with Gasteiger partial charge in [0.05, 0.1) is 0 Å². The number of amides is 1. The minimum atomic E-state index is -0.355. The van der Waals surface area contributed by atoms with Gasteiger partial charge in [0.25, 0.3) is 0 Å². The molecule has 1 amide bonds. The standard InChI is InChI=1S/C41H81N3O2/c1-5-7-9-16-23-34-29-30-35(24-17-12-11-13-21-28-40(45)43-31-22-32-44(3)4)39(37(34)26-19-10-8-6-2)33-36-25-18-14-15-20-27-38(36)41(42)46/h34-40,43,45H,5-33H2,1-4H3,(H2,42,46)/t34?,35-,36?,37?,38?,39?,40?/m1/s1. The van der Waals surface area contributed by atoms with Crippen LogP contribution >= 0.6 is 0 Å². The van der Waals surface area contributed by atoms with E-state index in [9.17, 15) is 9.90 Å². The number of nitrogens with two attached hydrogens (primary N) is 1. The lowest BCUT2D eigenvalue weighted by Crippen LogP contribution is -2.39. The average Bonchev–Trinajstić information content (AvgIpc) is 3.01. The Kier molecular flexibility index (Phi) is 23.7. The number of hydrogen-bond donors (Lipinski definition) is 3. The molecule has 0 aromatic carbocycles. The van der Waals surface area contributed by atoms with Gasteiger partial charge in [-0.2, -0.15) is 0 Å². The molecule has 7 atom stereocenters. The van der Waals surface area contributed by atoms with Gasteiger partial charge in [-0.3, -0.25) is 10.1 Å². The Hall–Kier alpha value is -0.650. The zero-order valence-corrected chi connectivity index (χ0v) is 31.4. The normalized spacial score (nSPS) is 26.6. The molecule has 46 heavy (non-hydrogen) atoms. The van der Waals surface area contributed by atoms with Crippen LogP contribution < -0.4 is 11.1 Å². The summed E-state index contributed by atoms with van der Waals surface area (Å²) in [5, 5.41) is 13.6. The van der Waals surface area contributed by atoms with Crippen molar-refractivity contribution in [2.24, 2.45) is 41.2 Å². The van der Waals surface area contributed by atoms with Crippen molar-refractivity contribution in [1.82, 2.24) is 10.2 Å². The summed E-state index contributed by atoms with van der Waals surface area (Å²) < 4.78 is 0. The van der Waals surface area contributed by atoms with Crippen LogP contribution in [0.4, 0.5) is 0 Å². The van der Waals surface area contributed by atoms with Gasteiger partial charge >= 0.3 is 0 Å². The topological polar surface area (TPSA) is 78.6 Å². The largest absolute Gasteiger partial charge is 0.379 e. The summed E-state index contributed by atoms with van der Waals surface area (Å²) in [6.45, 7) is 6.62. The monoisotopic (exact) mass is 648 g/mol. The van der Waals surface area contributed by atoms with Gasteiger partial charge in [0.2, 0.25) is 5.91 Å². The number of carbonyl (C=O) groups excluding carboxylic acids is 1. The number of nitrogens with one attached hydrogen (secondary N) is 1. The van der Waals surface area contributed by atoms with Gasteiger partial charge in [0.15, 0.2) is 0 Å². The van der Waals surface area contributed by atoms with Crippen LogP contribution in [0.15, 0.2) is 0 Å². The first-order valence-corrected chi connectivity index (χ1v) is 20.7. The van der Waals surface area contributed by atoms with E-state index in [1.54, 1.807) is 0 Å². The number of rotatable bonds is 26. The van der Waals surface area contributed by atoms with E-state index in [2.05, 4.69) is 38.2 Å². The quantitative estimate of drug-likeness (QED) is 0.0645. The second-order valence-electron chi connectivity index (χ2n) is 16.1. The molecule has 2 aliphatic carbocycles. The number of hydrogen-bond acceptors (Lipinski definition) is 4. The van der Waals surface area contributed by atoms with Crippen LogP contribution in [-0.4, -0.2) is 49.3 Å². The van der Waals surface area contributed by atoms with Crippen molar-refractivity contribution in [3.8, 4) is 0 Å². The smallest absolute Gasteiger partial charge is 0.220 e. The molecule has 272 valence electrons. The van der Waals surface area contributed by atoms with Gasteiger partial charge in [-0.1, -0.05) is 129 Å². The second kappa shape index (κ2) is 26.2. The van der Waals surface area contributed by atoms with Crippen molar-refractivity contribution in [2.75, 3.05) is 27.2 Å². The van der Waals surface area contributed by atoms with Gasteiger partial charge in [-0.05, 0) is 115 Å². The number of unbranched alkanes of at least 4 members (excludes halogenated alkanes) is 10. The Labute approximate surface area is 287 Å². The molecule has 6 unspecified atom stereocenters. The van der Waals surface area contributed by atoms with E-state index >= 15 is 0 Å². The highest BCUT2D eigenvalue weighted by Crippen LogP contribution is 2.49. The van der Waals surface area contributed by atoms with Crippen molar-refractivity contribution < 1.29 is 9.90 Å². The van der Waals surface area contributed by atoms with Crippen LogP contribution in [0, 0.1) is 35.5 Å². The van der Waals surface area contributed by atoms with Crippen molar-refractivity contribution in [2.45, 2.75) is 193 Å². The first-order chi connectivity index (χ1) is 22.4. The first kappa shape index (κ1) is 41.5. The highest BCUT2D eigenvalue weighted by atomic mass is 16.3. The Bertz CT molecular complexity index is 730. The van der Waals surface area contributed by atoms with Crippen molar-refractivity contribution in [3.63, 3.8) is 0 Å². The molecule has 2 rings (SSSR count). The third kappa shape index (κ3) is 17.7. The third-order valence-electron chi connectivity index (χ3n) is 12.1. The van der Waals surface area contributed by atoms with Crippen LogP contribution in [0.2, 0.25) is 0 Å². The molecule has 0 spiro atoms. The number of aliphatic hydroxyl groups is 1. The van der Waals surface area contributed by atoms with Crippen LogP contribution in [0.25, 0.3) is 0 Å². The lowest BCUT2D eigenvalue weighted by molar-refractivity contribution is -0.124. The second-order valence-corrected chi connectivity index (χ2v) is 16.1. The van der Waals surface area contributed by atoms with Gasteiger partial charge in [-0.25, -0.2) is 0 Å². The number of aliphatic hydroxyl groups excluding tert-OH is 1. The molecule has 5 heteroatoms. The van der Waals surface area contributed by atoms with Crippen molar-refractivity contribution in [1.29, 1.82) is 0 Å². The Morgan fingerprint density at radius 3 is 1.89 bits per heavy atom. The van der Waals surface area contributed by atoms with E-state index in [-0.39, 0.29) is 18.1 Å². The fourth-order valence-corrected chi connectivity index (χ4v) is 9.34.